The number of hydrogen-bond donors (Lipinski definition) is 0. The van der Waals surface area contributed by atoms with E-state index in [0.717, 1.165) is 11.1 Å². The monoisotopic (exact) mass is 321 g/mol. The zero-order valence-corrected chi connectivity index (χ0v) is 14.0. The number of carbonyl (C=O) groups excluding carboxylic acids is 2. The number of amides is 2. The fraction of sp³-hybridized carbons (Fsp3) is 0.200. The molecule has 0 saturated carbocycles. The Morgan fingerprint density at radius 3 is 2.21 bits per heavy atom. The number of fused-ring (bicyclic) bond motifs is 1. The van der Waals surface area contributed by atoms with Gasteiger partial charge in [0.05, 0.1) is 24.1 Å². The molecule has 0 N–H and O–H groups in total. The van der Waals surface area contributed by atoms with E-state index >= 15 is 0 Å². The zero-order chi connectivity index (χ0) is 17.3. The van der Waals surface area contributed by atoms with Crippen molar-refractivity contribution in [1.82, 2.24) is 0 Å². The number of aryl methyl sites for hydroxylation is 2. The molecule has 2 aromatic rings. The van der Waals surface area contributed by atoms with Crippen molar-refractivity contribution in [3.05, 3.63) is 71.0 Å². The maximum absolute atomic E-state index is 13.0. The number of benzene rings is 2. The molecule has 0 aromatic heterocycles. The Kier molecular flexibility index (Phi) is 4.21. The predicted octanol–water partition coefficient (Wildman–Crippen LogP) is 3.87. The molecule has 1 aliphatic rings. The molecule has 4 nitrogen and oxygen atoms in total. The van der Waals surface area contributed by atoms with Crippen LogP contribution < -0.4 is 4.90 Å². The van der Waals surface area contributed by atoms with Crippen LogP contribution in [0.4, 0.5) is 5.69 Å². The Balaban J connectivity index is 2.18. The number of nitrogens with zero attached hydrogens (tertiary/aromatic N) is 1. The van der Waals surface area contributed by atoms with Crippen molar-refractivity contribution < 1.29 is 14.3 Å². The van der Waals surface area contributed by atoms with Gasteiger partial charge in [0.1, 0.15) is 0 Å². The molecule has 1 heterocycles. The van der Waals surface area contributed by atoms with E-state index in [0.29, 0.717) is 29.0 Å². The lowest BCUT2D eigenvalue weighted by molar-refractivity contribution is -0.113. The number of hydrogen-bond acceptors (Lipinski definition) is 3. The van der Waals surface area contributed by atoms with Gasteiger partial charge < -0.3 is 4.74 Å². The van der Waals surface area contributed by atoms with Gasteiger partial charge in [0.25, 0.3) is 11.8 Å². The molecule has 2 amide bonds. The largest absolute Gasteiger partial charge is 0.501 e. The number of rotatable bonds is 3. The minimum Gasteiger partial charge on any atom is -0.501 e. The molecule has 4 heteroatoms. The molecule has 0 atom stereocenters. The third kappa shape index (κ3) is 2.71. The molecular formula is C20H19NO3. The molecular weight excluding hydrogens is 302 g/mol. The smallest absolute Gasteiger partial charge is 0.269 e. The second kappa shape index (κ2) is 6.32. The molecule has 0 saturated heterocycles. The Bertz CT molecular complexity index is 831. The third-order valence-electron chi connectivity index (χ3n) is 3.92. The molecule has 3 rings (SSSR count). The van der Waals surface area contributed by atoms with Crippen LogP contribution in [0.3, 0.4) is 0 Å². The summed E-state index contributed by atoms with van der Waals surface area (Å²) in [5.41, 5.74) is 4.09. The van der Waals surface area contributed by atoms with Crippen LogP contribution in [-0.4, -0.2) is 18.4 Å². The minimum absolute atomic E-state index is 0.311. The highest BCUT2D eigenvalue weighted by molar-refractivity contribution is 6.40. The average molecular weight is 321 g/mol. The fourth-order valence-corrected chi connectivity index (χ4v) is 2.95. The molecule has 0 spiro atoms. The van der Waals surface area contributed by atoms with Gasteiger partial charge in [0, 0.05) is 11.1 Å². The normalized spacial score (nSPS) is 15.6. The number of imide groups is 1. The molecule has 0 bridgehead atoms. The second-order valence-corrected chi connectivity index (χ2v) is 5.82. The van der Waals surface area contributed by atoms with Crippen molar-refractivity contribution in [3.8, 4) is 0 Å². The number of carbonyl (C=O) groups is 2. The van der Waals surface area contributed by atoms with E-state index < -0.39 is 0 Å². The van der Waals surface area contributed by atoms with E-state index in [4.69, 9.17) is 4.74 Å². The van der Waals surface area contributed by atoms with Crippen molar-refractivity contribution in [2.24, 2.45) is 0 Å². The lowest BCUT2D eigenvalue weighted by Crippen LogP contribution is -2.42. The Labute approximate surface area is 141 Å². The van der Waals surface area contributed by atoms with Crippen LogP contribution in [0.2, 0.25) is 0 Å². The molecule has 1 aliphatic heterocycles. The summed E-state index contributed by atoms with van der Waals surface area (Å²) in [4.78, 5) is 27.1. The summed E-state index contributed by atoms with van der Waals surface area (Å²) >= 11 is 0. The van der Waals surface area contributed by atoms with Crippen LogP contribution in [0.15, 0.2) is 48.7 Å². The maximum Gasteiger partial charge on any atom is 0.269 e. The maximum atomic E-state index is 13.0. The van der Waals surface area contributed by atoms with E-state index in [9.17, 15) is 9.59 Å². The predicted molar refractivity (Wildman–Crippen MR) is 93.8 cm³/mol. The van der Waals surface area contributed by atoms with Crippen molar-refractivity contribution in [2.75, 3.05) is 11.5 Å². The highest BCUT2D eigenvalue weighted by atomic mass is 16.5. The number of anilines is 1. The minimum atomic E-state index is -0.364. The molecule has 122 valence electrons. The van der Waals surface area contributed by atoms with Crippen molar-refractivity contribution in [1.29, 1.82) is 0 Å². The van der Waals surface area contributed by atoms with Crippen LogP contribution >= 0.6 is 0 Å². The lowest BCUT2D eigenvalue weighted by atomic mass is 9.93. The van der Waals surface area contributed by atoms with Gasteiger partial charge in [-0.05, 0) is 50.1 Å². The van der Waals surface area contributed by atoms with Crippen molar-refractivity contribution >= 4 is 23.1 Å². The fourth-order valence-electron chi connectivity index (χ4n) is 2.95. The molecule has 0 fully saturated rings. The highest BCUT2D eigenvalue weighted by Crippen LogP contribution is 2.32. The van der Waals surface area contributed by atoms with E-state index in [1.165, 1.54) is 11.2 Å². The van der Waals surface area contributed by atoms with Crippen LogP contribution in [0.5, 0.6) is 0 Å². The Hall–Kier alpha value is -2.88. The second-order valence-electron chi connectivity index (χ2n) is 5.82. The van der Waals surface area contributed by atoms with Gasteiger partial charge in [0.2, 0.25) is 0 Å². The third-order valence-corrected chi connectivity index (χ3v) is 3.92. The van der Waals surface area contributed by atoms with Gasteiger partial charge in [-0.3, -0.25) is 9.59 Å². The van der Waals surface area contributed by atoms with Crippen LogP contribution in [0, 0.1) is 13.8 Å². The van der Waals surface area contributed by atoms with Gasteiger partial charge in [-0.1, -0.05) is 24.3 Å². The van der Waals surface area contributed by atoms with Gasteiger partial charge in [-0.2, -0.15) is 0 Å². The van der Waals surface area contributed by atoms with Crippen molar-refractivity contribution in [3.63, 3.8) is 0 Å². The first kappa shape index (κ1) is 16.0. The summed E-state index contributed by atoms with van der Waals surface area (Å²) in [5, 5.41) is 0. The molecule has 2 aromatic carbocycles. The van der Waals surface area contributed by atoms with Crippen LogP contribution in [0.1, 0.15) is 34.0 Å². The molecule has 0 unspecified atom stereocenters. The average Bonchev–Trinajstić information content (AvgIpc) is 2.54. The quantitative estimate of drug-likeness (QED) is 0.490. The SMILES string of the molecule is CCO/C=C1\C(=O)N(c2cc(C)cc(C)c2)C(=O)c2ccccc21. The Morgan fingerprint density at radius 1 is 0.958 bits per heavy atom. The molecule has 0 aliphatic carbocycles. The standard InChI is InChI=1S/C20H19NO3/c1-4-24-12-18-16-7-5-6-8-17(16)19(22)21(20(18)23)15-10-13(2)9-14(3)11-15/h5-12H,4H2,1-3H3/b18-12-. The molecule has 0 radical (unpaired) electrons. The van der Waals surface area contributed by atoms with Gasteiger partial charge in [-0.15, -0.1) is 0 Å². The highest BCUT2D eigenvalue weighted by Gasteiger charge is 2.36. The summed E-state index contributed by atoms with van der Waals surface area (Å²) < 4.78 is 5.35. The zero-order valence-electron chi connectivity index (χ0n) is 14.0. The first-order chi connectivity index (χ1) is 11.5. The van der Waals surface area contributed by atoms with Gasteiger partial charge >= 0.3 is 0 Å². The summed E-state index contributed by atoms with van der Waals surface area (Å²) in [6.07, 6.45) is 1.45. The summed E-state index contributed by atoms with van der Waals surface area (Å²) in [6, 6.07) is 12.8. The Morgan fingerprint density at radius 2 is 1.58 bits per heavy atom. The first-order valence-corrected chi connectivity index (χ1v) is 7.91. The number of ether oxygens (including phenoxy) is 1. The topological polar surface area (TPSA) is 46.6 Å². The van der Waals surface area contributed by atoms with E-state index in [1.807, 2.05) is 45.0 Å². The summed E-state index contributed by atoms with van der Waals surface area (Å²) in [5.74, 6) is -0.675. The van der Waals surface area contributed by atoms with E-state index in [2.05, 4.69) is 0 Å². The van der Waals surface area contributed by atoms with Crippen LogP contribution in [-0.2, 0) is 9.53 Å². The first-order valence-electron chi connectivity index (χ1n) is 7.91. The van der Waals surface area contributed by atoms with E-state index in [1.54, 1.807) is 18.2 Å². The van der Waals surface area contributed by atoms with Crippen LogP contribution in [0.25, 0.3) is 5.57 Å². The lowest BCUT2D eigenvalue weighted by Gasteiger charge is -2.28. The van der Waals surface area contributed by atoms with Gasteiger partial charge in [-0.25, -0.2) is 4.90 Å². The van der Waals surface area contributed by atoms with Crippen molar-refractivity contribution in [2.45, 2.75) is 20.8 Å². The van der Waals surface area contributed by atoms with E-state index in [-0.39, 0.29) is 11.8 Å². The summed E-state index contributed by atoms with van der Waals surface area (Å²) in [6.45, 7) is 6.19. The summed E-state index contributed by atoms with van der Waals surface area (Å²) in [7, 11) is 0. The molecule has 24 heavy (non-hydrogen) atoms. The van der Waals surface area contributed by atoms with Gasteiger partial charge in [0.15, 0.2) is 0 Å².